The standard InChI is InChI=1S/C27H37N3O4/c1-4-19(3)28-25(32)23(5-2)29(17-15-20-11-7-6-8-12-20)24(31)16-18-30-26(33)21-13-9-10-14-22(21)27(30)34/h6-12,19,21-23H,4-5,13-18H2,1-3H3,(H,28,32)/t19-,21-,22+,23-/m1/s1. The van der Waals surface area contributed by atoms with Gasteiger partial charge in [0.05, 0.1) is 11.8 Å². The molecule has 1 aromatic carbocycles. The van der Waals surface area contributed by atoms with E-state index in [1.54, 1.807) is 4.90 Å². The smallest absolute Gasteiger partial charge is 0.243 e. The number of likely N-dealkylation sites (tertiary alicyclic amines) is 1. The van der Waals surface area contributed by atoms with E-state index in [2.05, 4.69) is 5.32 Å². The molecule has 34 heavy (non-hydrogen) atoms. The van der Waals surface area contributed by atoms with E-state index in [0.29, 0.717) is 32.2 Å². The average Bonchev–Trinajstić information content (AvgIpc) is 3.10. The molecule has 1 aliphatic heterocycles. The summed E-state index contributed by atoms with van der Waals surface area (Å²) in [7, 11) is 0. The van der Waals surface area contributed by atoms with Gasteiger partial charge in [0.15, 0.2) is 0 Å². The topological polar surface area (TPSA) is 86.8 Å². The fraction of sp³-hybridized carbons (Fsp3) is 0.556. The molecule has 3 rings (SSSR count). The summed E-state index contributed by atoms with van der Waals surface area (Å²) >= 11 is 0. The number of carbonyl (C=O) groups excluding carboxylic acids is 4. The van der Waals surface area contributed by atoms with Crippen molar-refractivity contribution < 1.29 is 19.2 Å². The van der Waals surface area contributed by atoms with E-state index in [9.17, 15) is 19.2 Å². The van der Waals surface area contributed by atoms with Crippen LogP contribution in [0, 0.1) is 11.8 Å². The van der Waals surface area contributed by atoms with Crippen LogP contribution in [0.3, 0.4) is 0 Å². The zero-order valence-corrected chi connectivity index (χ0v) is 20.5. The van der Waals surface area contributed by atoms with Crippen molar-refractivity contribution in [3.8, 4) is 0 Å². The van der Waals surface area contributed by atoms with Crippen LogP contribution >= 0.6 is 0 Å². The second-order valence-electron chi connectivity index (χ2n) is 9.30. The van der Waals surface area contributed by atoms with E-state index in [1.807, 2.05) is 63.3 Å². The summed E-state index contributed by atoms with van der Waals surface area (Å²) in [4.78, 5) is 54.8. The molecule has 4 atom stereocenters. The van der Waals surface area contributed by atoms with Crippen LogP contribution in [0.4, 0.5) is 0 Å². The van der Waals surface area contributed by atoms with Crippen LogP contribution in [0.15, 0.2) is 42.5 Å². The first-order valence-electron chi connectivity index (χ1n) is 12.5. The molecular formula is C27H37N3O4. The van der Waals surface area contributed by atoms with Crippen molar-refractivity contribution >= 4 is 23.6 Å². The molecule has 0 bridgehead atoms. The van der Waals surface area contributed by atoms with Gasteiger partial charge in [-0.05, 0) is 44.6 Å². The minimum Gasteiger partial charge on any atom is -0.352 e. The minimum atomic E-state index is -0.595. The largest absolute Gasteiger partial charge is 0.352 e. The molecule has 0 spiro atoms. The Kier molecular flexibility index (Phi) is 9.02. The Morgan fingerprint density at radius 2 is 1.65 bits per heavy atom. The second kappa shape index (κ2) is 12.0. The van der Waals surface area contributed by atoms with Gasteiger partial charge in [-0.2, -0.15) is 0 Å². The quantitative estimate of drug-likeness (QED) is 0.400. The van der Waals surface area contributed by atoms with Gasteiger partial charge in [-0.15, -0.1) is 0 Å². The lowest BCUT2D eigenvalue weighted by Crippen LogP contribution is -2.52. The number of amides is 4. The number of carbonyl (C=O) groups is 4. The number of fused-ring (bicyclic) bond motifs is 1. The molecule has 7 heteroatoms. The Morgan fingerprint density at radius 3 is 2.21 bits per heavy atom. The van der Waals surface area contributed by atoms with Crippen LogP contribution in [0.1, 0.15) is 58.4 Å². The number of hydrogen-bond acceptors (Lipinski definition) is 4. The monoisotopic (exact) mass is 467 g/mol. The van der Waals surface area contributed by atoms with Gasteiger partial charge < -0.3 is 10.2 Å². The predicted molar refractivity (Wildman–Crippen MR) is 131 cm³/mol. The van der Waals surface area contributed by atoms with Crippen LogP contribution in [0.2, 0.25) is 0 Å². The number of nitrogens with one attached hydrogen (secondary N) is 1. The van der Waals surface area contributed by atoms with Crippen molar-refractivity contribution in [3.05, 3.63) is 48.0 Å². The van der Waals surface area contributed by atoms with E-state index < -0.39 is 6.04 Å². The van der Waals surface area contributed by atoms with E-state index in [1.165, 1.54) is 4.90 Å². The molecule has 4 amide bonds. The highest BCUT2D eigenvalue weighted by Gasteiger charge is 2.47. The number of rotatable bonds is 11. The third-order valence-electron chi connectivity index (χ3n) is 7.02. The molecule has 0 aromatic heterocycles. The van der Waals surface area contributed by atoms with Crippen LogP contribution < -0.4 is 5.32 Å². The van der Waals surface area contributed by atoms with E-state index >= 15 is 0 Å². The minimum absolute atomic E-state index is 0.0180. The van der Waals surface area contributed by atoms with Gasteiger partial charge in [0, 0.05) is 25.6 Å². The first kappa shape index (κ1) is 25.7. The van der Waals surface area contributed by atoms with Gasteiger partial charge in [-0.25, -0.2) is 0 Å². The number of imide groups is 1. The highest BCUT2D eigenvalue weighted by molar-refractivity contribution is 6.05. The summed E-state index contributed by atoms with van der Waals surface area (Å²) in [5.41, 5.74) is 1.08. The highest BCUT2D eigenvalue weighted by atomic mass is 16.2. The Bertz CT molecular complexity index is 888. The van der Waals surface area contributed by atoms with Gasteiger partial charge in [-0.3, -0.25) is 24.1 Å². The Hall–Kier alpha value is -2.96. The molecule has 184 valence electrons. The summed E-state index contributed by atoms with van der Waals surface area (Å²) in [6.45, 7) is 6.30. The summed E-state index contributed by atoms with van der Waals surface area (Å²) in [6.07, 6.45) is 7.00. The molecule has 1 N–H and O–H groups in total. The highest BCUT2D eigenvalue weighted by Crippen LogP contribution is 2.35. The summed E-state index contributed by atoms with van der Waals surface area (Å²) < 4.78 is 0. The first-order valence-corrected chi connectivity index (χ1v) is 12.5. The van der Waals surface area contributed by atoms with Crippen molar-refractivity contribution in [1.82, 2.24) is 15.1 Å². The molecule has 2 aliphatic rings. The molecule has 1 aromatic rings. The van der Waals surface area contributed by atoms with Gasteiger partial charge in [0.2, 0.25) is 23.6 Å². The molecule has 0 saturated carbocycles. The summed E-state index contributed by atoms with van der Waals surface area (Å²) in [6, 6.07) is 9.27. The lowest BCUT2D eigenvalue weighted by Gasteiger charge is -2.32. The average molecular weight is 468 g/mol. The summed E-state index contributed by atoms with van der Waals surface area (Å²) in [5, 5.41) is 3.00. The Labute approximate surface area is 202 Å². The van der Waals surface area contributed by atoms with Crippen molar-refractivity contribution in [2.45, 2.75) is 71.4 Å². The maximum absolute atomic E-state index is 13.4. The van der Waals surface area contributed by atoms with Crippen LogP contribution in [0.5, 0.6) is 0 Å². The van der Waals surface area contributed by atoms with E-state index in [0.717, 1.165) is 12.0 Å². The number of hydrogen-bond donors (Lipinski definition) is 1. The van der Waals surface area contributed by atoms with E-state index in [-0.39, 0.29) is 54.5 Å². The maximum atomic E-state index is 13.4. The van der Waals surface area contributed by atoms with Gasteiger partial charge in [0.25, 0.3) is 0 Å². The first-order chi connectivity index (χ1) is 16.4. The lowest BCUT2D eigenvalue weighted by molar-refractivity contribution is -0.144. The molecule has 1 fully saturated rings. The number of nitrogens with zero attached hydrogens (tertiary/aromatic N) is 2. The zero-order valence-electron chi connectivity index (χ0n) is 20.5. The molecular weight excluding hydrogens is 430 g/mol. The predicted octanol–water partition coefficient (Wildman–Crippen LogP) is 3.09. The SMILES string of the molecule is CC[C@@H](C)NC(=O)[C@@H](CC)N(CCc1ccccc1)C(=O)CCN1C(=O)[C@H]2CC=CC[C@H]2C1=O. The van der Waals surface area contributed by atoms with Crippen LogP contribution in [-0.2, 0) is 25.6 Å². The lowest BCUT2D eigenvalue weighted by atomic mass is 9.85. The third kappa shape index (κ3) is 5.93. The van der Waals surface area contributed by atoms with Crippen molar-refractivity contribution in [2.24, 2.45) is 11.8 Å². The van der Waals surface area contributed by atoms with Crippen molar-refractivity contribution in [1.29, 1.82) is 0 Å². The Balaban J connectivity index is 1.70. The Morgan fingerprint density at radius 1 is 1.03 bits per heavy atom. The maximum Gasteiger partial charge on any atom is 0.243 e. The molecule has 0 unspecified atom stereocenters. The third-order valence-corrected chi connectivity index (χ3v) is 7.02. The normalized spacial score (nSPS) is 21.2. The fourth-order valence-electron chi connectivity index (χ4n) is 4.78. The van der Waals surface area contributed by atoms with Gasteiger partial charge >= 0.3 is 0 Å². The summed E-state index contributed by atoms with van der Waals surface area (Å²) in [5.74, 6) is -1.33. The van der Waals surface area contributed by atoms with Crippen LogP contribution in [-0.4, -0.2) is 58.6 Å². The van der Waals surface area contributed by atoms with Gasteiger partial charge in [0.1, 0.15) is 6.04 Å². The van der Waals surface area contributed by atoms with Crippen molar-refractivity contribution in [2.75, 3.05) is 13.1 Å². The van der Waals surface area contributed by atoms with Gasteiger partial charge in [-0.1, -0.05) is 56.3 Å². The fourth-order valence-corrected chi connectivity index (χ4v) is 4.78. The zero-order chi connectivity index (χ0) is 24.7. The number of benzene rings is 1. The molecule has 0 radical (unpaired) electrons. The second-order valence-corrected chi connectivity index (χ2v) is 9.30. The van der Waals surface area contributed by atoms with Crippen LogP contribution in [0.25, 0.3) is 0 Å². The van der Waals surface area contributed by atoms with Crippen molar-refractivity contribution in [3.63, 3.8) is 0 Å². The number of allylic oxidation sites excluding steroid dienone is 2. The van der Waals surface area contributed by atoms with E-state index in [4.69, 9.17) is 0 Å². The molecule has 1 heterocycles. The molecule has 7 nitrogen and oxygen atoms in total. The molecule has 1 aliphatic carbocycles. The molecule has 1 saturated heterocycles.